The van der Waals surface area contributed by atoms with Crippen molar-refractivity contribution in [3.8, 4) is 5.75 Å². The summed E-state index contributed by atoms with van der Waals surface area (Å²) in [4.78, 5) is 12.8. The van der Waals surface area contributed by atoms with Gasteiger partial charge in [0.05, 0.1) is 13.2 Å². The van der Waals surface area contributed by atoms with Gasteiger partial charge in [0.25, 0.3) is 5.91 Å². The van der Waals surface area contributed by atoms with Crippen molar-refractivity contribution < 1.29 is 17.9 Å². The highest BCUT2D eigenvalue weighted by Gasteiger charge is 2.23. The third-order valence-electron chi connectivity index (χ3n) is 4.73. The van der Waals surface area contributed by atoms with Crippen LogP contribution in [-0.4, -0.2) is 27.5 Å². The van der Waals surface area contributed by atoms with Gasteiger partial charge in [-0.1, -0.05) is 36.4 Å². The van der Waals surface area contributed by atoms with Crippen LogP contribution in [0.4, 0.5) is 0 Å². The smallest absolute Gasteiger partial charge is 0.251 e. The maximum Gasteiger partial charge on any atom is 0.251 e. The standard InChI is InChI=1S/C23H26N2O4S/c1-15(2)25-30(27,28)22-14-20(11-12-21(22)29-4)23(26)24-16(3)18-10-9-17-7-5-6-8-19(17)13-18/h5-16,25H,1-4H3,(H,24,26). The van der Waals surface area contributed by atoms with E-state index in [1.807, 2.05) is 49.4 Å². The Labute approximate surface area is 177 Å². The van der Waals surface area contributed by atoms with Crippen molar-refractivity contribution in [3.05, 3.63) is 71.8 Å². The molecule has 2 N–H and O–H groups in total. The first-order valence-electron chi connectivity index (χ1n) is 9.71. The van der Waals surface area contributed by atoms with Gasteiger partial charge in [-0.05, 0) is 61.4 Å². The Kier molecular flexibility index (Phi) is 6.43. The number of nitrogens with one attached hydrogen (secondary N) is 2. The molecule has 0 aliphatic carbocycles. The quantitative estimate of drug-likeness (QED) is 0.597. The highest BCUT2D eigenvalue weighted by atomic mass is 32.2. The third-order valence-corrected chi connectivity index (χ3v) is 6.41. The van der Waals surface area contributed by atoms with Crippen LogP contribution in [0.1, 0.15) is 42.7 Å². The van der Waals surface area contributed by atoms with Crippen LogP contribution < -0.4 is 14.8 Å². The number of rotatable bonds is 7. The number of fused-ring (bicyclic) bond motifs is 1. The number of hydrogen-bond acceptors (Lipinski definition) is 4. The summed E-state index contributed by atoms with van der Waals surface area (Å²) >= 11 is 0. The van der Waals surface area contributed by atoms with Gasteiger partial charge in [-0.2, -0.15) is 0 Å². The average molecular weight is 427 g/mol. The van der Waals surface area contributed by atoms with Crippen LogP contribution in [0.25, 0.3) is 10.8 Å². The van der Waals surface area contributed by atoms with Gasteiger partial charge in [-0.3, -0.25) is 4.79 Å². The first kappa shape index (κ1) is 21.8. The Morgan fingerprint density at radius 1 is 0.933 bits per heavy atom. The van der Waals surface area contributed by atoms with Gasteiger partial charge in [0.2, 0.25) is 10.0 Å². The second-order valence-electron chi connectivity index (χ2n) is 7.44. The first-order chi connectivity index (χ1) is 14.2. The zero-order valence-electron chi connectivity index (χ0n) is 17.5. The molecular formula is C23H26N2O4S. The Morgan fingerprint density at radius 3 is 2.30 bits per heavy atom. The fourth-order valence-corrected chi connectivity index (χ4v) is 4.69. The van der Waals surface area contributed by atoms with Gasteiger partial charge in [-0.15, -0.1) is 0 Å². The molecular weight excluding hydrogens is 400 g/mol. The summed E-state index contributed by atoms with van der Waals surface area (Å²) in [5, 5.41) is 5.16. The second-order valence-corrected chi connectivity index (χ2v) is 9.13. The maximum atomic E-state index is 12.8. The number of amides is 1. The van der Waals surface area contributed by atoms with Gasteiger partial charge in [-0.25, -0.2) is 13.1 Å². The highest BCUT2D eigenvalue weighted by molar-refractivity contribution is 7.89. The fourth-order valence-electron chi connectivity index (χ4n) is 3.24. The van der Waals surface area contributed by atoms with E-state index in [-0.39, 0.29) is 34.2 Å². The minimum absolute atomic E-state index is 0.0651. The van der Waals surface area contributed by atoms with Crippen LogP contribution in [-0.2, 0) is 10.0 Å². The molecule has 7 heteroatoms. The number of ether oxygens (including phenoxy) is 1. The van der Waals surface area contributed by atoms with Crippen molar-refractivity contribution in [1.29, 1.82) is 0 Å². The van der Waals surface area contributed by atoms with E-state index in [2.05, 4.69) is 10.0 Å². The fraction of sp³-hybridized carbons (Fsp3) is 0.261. The molecule has 0 bridgehead atoms. The Bertz CT molecular complexity index is 1170. The molecule has 0 saturated carbocycles. The van der Waals surface area contributed by atoms with E-state index in [0.29, 0.717) is 0 Å². The van der Waals surface area contributed by atoms with E-state index in [4.69, 9.17) is 4.74 Å². The molecule has 3 aromatic carbocycles. The minimum atomic E-state index is -3.82. The maximum absolute atomic E-state index is 12.8. The summed E-state index contributed by atoms with van der Waals surface area (Å²) < 4.78 is 33.0. The zero-order valence-corrected chi connectivity index (χ0v) is 18.3. The summed E-state index contributed by atoms with van der Waals surface area (Å²) in [5.74, 6) is -0.179. The molecule has 0 aliphatic rings. The molecule has 1 unspecified atom stereocenters. The molecule has 6 nitrogen and oxygen atoms in total. The Balaban J connectivity index is 1.86. The molecule has 0 aliphatic heterocycles. The molecule has 0 saturated heterocycles. The predicted molar refractivity (Wildman–Crippen MR) is 118 cm³/mol. The third kappa shape index (κ3) is 4.80. The molecule has 1 amide bonds. The average Bonchev–Trinajstić information content (AvgIpc) is 2.71. The molecule has 0 aromatic heterocycles. The number of sulfonamides is 1. The molecule has 1 atom stereocenters. The Morgan fingerprint density at radius 2 is 1.63 bits per heavy atom. The molecule has 0 radical (unpaired) electrons. The van der Waals surface area contributed by atoms with Crippen LogP contribution >= 0.6 is 0 Å². The lowest BCUT2D eigenvalue weighted by atomic mass is 10.0. The summed E-state index contributed by atoms with van der Waals surface area (Å²) in [6.07, 6.45) is 0. The minimum Gasteiger partial charge on any atom is -0.495 e. The molecule has 0 heterocycles. The van der Waals surface area contributed by atoms with Gasteiger partial charge in [0.15, 0.2) is 0 Å². The van der Waals surface area contributed by atoms with E-state index in [0.717, 1.165) is 16.3 Å². The Hall–Kier alpha value is -2.90. The molecule has 3 rings (SSSR count). The van der Waals surface area contributed by atoms with Crippen molar-refractivity contribution in [2.75, 3.05) is 7.11 Å². The van der Waals surface area contributed by atoms with Crippen molar-refractivity contribution in [2.24, 2.45) is 0 Å². The van der Waals surface area contributed by atoms with Crippen molar-refractivity contribution >= 4 is 26.7 Å². The largest absolute Gasteiger partial charge is 0.495 e. The van der Waals surface area contributed by atoms with Gasteiger partial charge in [0.1, 0.15) is 10.6 Å². The molecule has 30 heavy (non-hydrogen) atoms. The molecule has 158 valence electrons. The van der Waals surface area contributed by atoms with Crippen molar-refractivity contribution in [1.82, 2.24) is 10.0 Å². The molecule has 0 spiro atoms. The topological polar surface area (TPSA) is 84.5 Å². The predicted octanol–water partition coefficient (Wildman–Crippen LogP) is 4.03. The molecule has 0 fully saturated rings. The normalized spacial score (nSPS) is 12.7. The van der Waals surface area contributed by atoms with Gasteiger partial charge >= 0.3 is 0 Å². The lowest BCUT2D eigenvalue weighted by Gasteiger charge is -2.17. The number of hydrogen-bond donors (Lipinski definition) is 2. The van der Waals surface area contributed by atoms with Crippen molar-refractivity contribution in [2.45, 2.75) is 37.8 Å². The lowest BCUT2D eigenvalue weighted by Crippen LogP contribution is -2.31. The zero-order chi connectivity index (χ0) is 21.9. The van der Waals surface area contributed by atoms with Gasteiger partial charge < -0.3 is 10.1 Å². The summed E-state index contributed by atoms with van der Waals surface area (Å²) in [6, 6.07) is 17.9. The first-order valence-corrected chi connectivity index (χ1v) is 11.2. The van der Waals surface area contributed by atoms with Crippen LogP contribution in [0, 0.1) is 0 Å². The van der Waals surface area contributed by atoms with Crippen LogP contribution in [0.2, 0.25) is 0 Å². The lowest BCUT2D eigenvalue weighted by molar-refractivity contribution is 0.0939. The van der Waals surface area contributed by atoms with E-state index in [1.54, 1.807) is 19.9 Å². The monoisotopic (exact) mass is 426 g/mol. The van der Waals surface area contributed by atoms with E-state index < -0.39 is 10.0 Å². The summed E-state index contributed by atoms with van der Waals surface area (Å²) in [6.45, 7) is 5.35. The van der Waals surface area contributed by atoms with Crippen LogP contribution in [0.15, 0.2) is 65.6 Å². The van der Waals surface area contributed by atoms with E-state index in [1.165, 1.54) is 19.2 Å². The second kappa shape index (κ2) is 8.85. The van der Waals surface area contributed by atoms with E-state index in [9.17, 15) is 13.2 Å². The highest BCUT2D eigenvalue weighted by Crippen LogP contribution is 2.26. The number of carbonyl (C=O) groups excluding carboxylic acids is 1. The SMILES string of the molecule is COc1ccc(C(=O)NC(C)c2ccc3ccccc3c2)cc1S(=O)(=O)NC(C)C. The summed E-state index contributed by atoms with van der Waals surface area (Å²) in [5.41, 5.74) is 1.21. The number of methoxy groups -OCH3 is 1. The van der Waals surface area contributed by atoms with Crippen LogP contribution in [0.3, 0.4) is 0 Å². The van der Waals surface area contributed by atoms with Gasteiger partial charge in [0, 0.05) is 11.6 Å². The van der Waals surface area contributed by atoms with E-state index >= 15 is 0 Å². The molecule has 3 aromatic rings. The number of carbonyl (C=O) groups is 1. The van der Waals surface area contributed by atoms with Crippen molar-refractivity contribution in [3.63, 3.8) is 0 Å². The van der Waals surface area contributed by atoms with Crippen LogP contribution in [0.5, 0.6) is 5.75 Å². The number of benzene rings is 3. The summed E-state index contributed by atoms with van der Waals surface area (Å²) in [7, 11) is -2.42.